The number of carbonyl (C=O) groups is 2. The van der Waals surface area contributed by atoms with Crippen molar-refractivity contribution in [2.75, 3.05) is 16.4 Å². The summed E-state index contributed by atoms with van der Waals surface area (Å²) in [7, 11) is 0. The van der Waals surface area contributed by atoms with Gasteiger partial charge in [-0.25, -0.2) is 0 Å². The predicted octanol–water partition coefficient (Wildman–Crippen LogP) is 3.94. The van der Waals surface area contributed by atoms with E-state index in [4.69, 9.17) is 4.42 Å². The summed E-state index contributed by atoms with van der Waals surface area (Å²) in [4.78, 5) is 28.4. The standard InChI is InChI=1S/C22H20N6O3S/c1-2-28-20(15-9-11-23-12-10-15)26-27-22(28)32-14-19(29)24-16-5-7-17(8-6-16)25-21(30)18-4-3-13-31-18/h3-13H,2,14H2,1H3,(H,24,29)(H,25,30). The normalized spacial score (nSPS) is 10.7. The van der Waals surface area contributed by atoms with Crippen LogP contribution in [0.15, 0.2) is 76.8 Å². The minimum Gasteiger partial charge on any atom is -0.459 e. The van der Waals surface area contributed by atoms with Gasteiger partial charge in [-0.1, -0.05) is 11.8 Å². The molecular formula is C22H20N6O3S. The van der Waals surface area contributed by atoms with Gasteiger partial charge in [-0.15, -0.1) is 10.2 Å². The molecule has 4 aromatic rings. The highest BCUT2D eigenvalue weighted by molar-refractivity contribution is 7.99. The average Bonchev–Trinajstić information content (AvgIpc) is 3.50. The van der Waals surface area contributed by atoms with Crippen LogP contribution in [0.5, 0.6) is 0 Å². The van der Waals surface area contributed by atoms with Gasteiger partial charge >= 0.3 is 0 Å². The van der Waals surface area contributed by atoms with Crippen LogP contribution in [0, 0.1) is 0 Å². The number of nitrogens with zero attached hydrogens (tertiary/aromatic N) is 4. The third-order valence-corrected chi connectivity index (χ3v) is 5.44. The molecule has 2 N–H and O–H groups in total. The largest absolute Gasteiger partial charge is 0.459 e. The Bertz CT molecular complexity index is 1190. The Hall–Kier alpha value is -3.92. The van der Waals surface area contributed by atoms with Gasteiger partial charge in [-0.3, -0.25) is 14.6 Å². The molecule has 0 aliphatic rings. The van der Waals surface area contributed by atoms with Gasteiger partial charge in [-0.2, -0.15) is 0 Å². The van der Waals surface area contributed by atoms with Gasteiger partial charge in [0.25, 0.3) is 5.91 Å². The first-order valence-corrected chi connectivity index (χ1v) is 10.8. The molecule has 0 radical (unpaired) electrons. The van der Waals surface area contributed by atoms with Crippen molar-refractivity contribution in [2.24, 2.45) is 0 Å². The molecule has 3 aromatic heterocycles. The van der Waals surface area contributed by atoms with E-state index in [0.29, 0.717) is 23.1 Å². The number of nitrogens with one attached hydrogen (secondary N) is 2. The molecule has 3 heterocycles. The van der Waals surface area contributed by atoms with Gasteiger partial charge in [-0.05, 0) is 55.5 Å². The molecule has 0 saturated heterocycles. The highest BCUT2D eigenvalue weighted by atomic mass is 32.2. The molecule has 4 rings (SSSR count). The maximum absolute atomic E-state index is 12.4. The maximum Gasteiger partial charge on any atom is 0.291 e. The number of amides is 2. The SMILES string of the molecule is CCn1c(SCC(=O)Nc2ccc(NC(=O)c3ccco3)cc2)nnc1-c1ccncc1. The van der Waals surface area contributed by atoms with Crippen LogP contribution in [-0.2, 0) is 11.3 Å². The Morgan fingerprint density at radius 2 is 1.72 bits per heavy atom. The van der Waals surface area contributed by atoms with E-state index in [-0.39, 0.29) is 23.3 Å². The Morgan fingerprint density at radius 1 is 1.00 bits per heavy atom. The molecule has 0 bridgehead atoms. The monoisotopic (exact) mass is 448 g/mol. The molecule has 2 amide bonds. The lowest BCUT2D eigenvalue weighted by Crippen LogP contribution is -2.15. The van der Waals surface area contributed by atoms with Crippen LogP contribution in [0.3, 0.4) is 0 Å². The van der Waals surface area contributed by atoms with Gasteiger partial charge in [0.15, 0.2) is 16.7 Å². The second-order valence-electron chi connectivity index (χ2n) is 6.63. The summed E-state index contributed by atoms with van der Waals surface area (Å²) < 4.78 is 7.03. The van der Waals surface area contributed by atoms with E-state index in [1.54, 1.807) is 48.8 Å². The Labute approximate surface area is 188 Å². The fourth-order valence-corrected chi connectivity index (χ4v) is 3.76. The summed E-state index contributed by atoms with van der Waals surface area (Å²) in [6.45, 7) is 2.68. The maximum atomic E-state index is 12.4. The van der Waals surface area contributed by atoms with Crippen molar-refractivity contribution < 1.29 is 14.0 Å². The molecule has 1 aromatic carbocycles. The molecular weight excluding hydrogens is 428 g/mol. The zero-order valence-corrected chi connectivity index (χ0v) is 18.0. The first kappa shape index (κ1) is 21.3. The summed E-state index contributed by atoms with van der Waals surface area (Å²) in [5, 5.41) is 14.7. The van der Waals surface area contributed by atoms with Gasteiger partial charge in [0.1, 0.15) is 0 Å². The lowest BCUT2D eigenvalue weighted by molar-refractivity contribution is -0.113. The van der Waals surface area contributed by atoms with Crippen molar-refractivity contribution in [3.8, 4) is 11.4 Å². The van der Waals surface area contributed by atoms with E-state index in [1.165, 1.54) is 18.0 Å². The van der Waals surface area contributed by atoms with Crippen molar-refractivity contribution in [1.82, 2.24) is 19.7 Å². The van der Waals surface area contributed by atoms with Crippen molar-refractivity contribution in [3.05, 3.63) is 72.9 Å². The molecule has 0 spiro atoms. The zero-order valence-electron chi connectivity index (χ0n) is 17.2. The number of furan rings is 1. The van der Waals surface area contributed by atoms with Gasteiger partial charge < -0.3 is 19.6 Å². The minimum absolute atomic E-state index is 0.168. The smallest absolute Gasteiger partial charge is 0.291 e. The van der Waals surface area contributed by atoms with E-state index in [1.807, 2.05) is 23.6 Å². The van der Waals surface area contributed by atoms with Gasteiger partial charge in [0.2, 0.25) is 5.91 Å². The second-order valence-corrected chi connectivity index (χ2v) is 7.57. The topological polar surface area (TPSA) is 115 Å². The molecule has 162 valence electrons. The molecule has 0 fully saturated rings. The fraction of sp³-hybridized carbons (Fsp3) is 0.136. The number of thioether (sulfide) groups is 1. The number of hydrogen-bond donors (Lipinski definition) is 2. The van der Waals surface area contributed by atoms with Crippen molar-refractivity contribution in [1.29, 1.82) is 0 Å². The summed E-state index contributed by atoms with van der Waals surface area (Å²) in [6, 6.07) is 13.8. The Kier molecular flexibility index (Phi) is 6.61. The number of anilines is 2. The quantitative estimate of drug-likeness (QED) is 0.392. The van der Waals surface area contributed by atoms with Crippen LogP contribution < -0.4 is 10.6 Å². The van der Waals surface area contributed by atoms with Crippen LogP contribution in [0.1, 0.15) is 17.5 Å². The lowest BCUT2D eigenvalue weighted by Gasteiger charge is -2.08. The molecule has 0 aliphatic carbocycles. The lowest BCUT2D eigenvalue weighted by atomic mass is 10.2. The van der Waals surface area contributed by atoms with Crippen LogP contribution in [-0.4, -0.2) is 37.3 Å². The van der Waals surface area contributed by atoms with E-state index in [0.717, 1.165) is 11.4 Å². The van der Waals surface area contributed by atoms with Crippen molar-refractivity contribution in [3.63, 3.8) is 0 Å². The highest BCUT2D eigenvalue weighted by Crippen LogP contribution is 2.24. The number of pyridine rings is 1. The Balaban J connectivity index is 1.32. The zero-order chi connectivity index (χ0) is 22.3. The molecule has 0 saturated carbocycles. The van der Waals surface area contributed by atoms with Crippen LogP contribution in [0.25, 0.3) is 11.4 Å². The molecule has 10 heteroatoms. The number of rotatable bonds is 8. The van der Waals surface area contributed by atoms with E-state index in [9.17, 15) is 9.59 Å². The van der Waals surface area contributed by atoms with Gasteiger partial charge in [0, 0.05) is 35.9 Å². The molecule has 32 heavy (non-hydrogen) atoms. The first-order valence-electron chi connectivity index (χ1n) is 9.85. The molecule has 9 nitrogen and oxygen atoms in total. The van der Waals surface area contributed by atoms with Crippen LogP contribution in [0.2, 0.25) is 0 Å². The van der Waals surface area contributed by atoms with Gasteiger partial charge in [0.05, 0.1) is 12.0 Å². The number of carbonyl (C=O) groups excluding carboxylic acids is 2. The second kappa shape index (κ2) is 9.92. The van der Waals surface area contributed by atoms with E-state index < -0.39 is 0 Å². The van der Waals surface area contributed by atoms with Crippen LogP contribution >= 0.6 is 11.8 Å². The Morgan fingerprint density at radius 3 is 2.38 bits per heavy atom. The van der Waals surface area contributed by atoms with E-state index in [2.05, 4.69) is 25.8 Å². The van der Waals surface area contributed by atoms with Crippen molar-refractivity contribution >= 4 is 35.0 Å². The summed E-state index contributed by atoms with van der Waals surface area (Å²) in [5.74, 6) is 0.648. The first-order chi connectivity index (χ1) is 15.6. The average molecular weight is 449 g/mol. The van der Waals surface area contributed by atoms with Crippen molar-refractivity contribution in [2.45, 2.75) is 18.6 Å². The van der Waals surface area contributed by atoms with E-state index >= 15 is 0 Å². The predicted molar refractivity (Wildman–Crippen MR) is 121 cm³/mol. The fourth-order valence-electron chi connectivity index (χ4n) is 2.96. The summed E-state index contributed by atoms with van der Waals surface area (Å²) >= 11 is 1.32. The summed E-state index contributed by atoms with van der Waals surface area (Å²) in [5.41, 5.74) is 2.14. The van der Waals surface area contributed by atoms with Crippen LogP contribution in [0.4, 0.5) is 11.4 Å². The molecule has 0 unspecified atom stereocenters. The minimum atomic E-state index is -0.339. The number of hydrogen-bond acceptors (Lipinski definition) is 7. The third-order valence-electron chi connectivity index (χ3n) is 4.48. The summed E-state index contributed by atoms with van der Waals surface area (Å²) in [6.07, 6.45) is 4.85. The highest BCUT2D eigenvalue weighted by Gasteiger charge is 2.15. The third kappa shape index (κ3) is 5.03. The molecule has 0 aliphatic heterocycles. The number of benzene rings is 1. The molecule has 0 atom stereocenters. The number of aromatic nitrogens is 4.